The van der Waals surface area contributed by atoms with Gasteiger partial charge in [0.2, 0.25) is 5.91 Å². The van der Waals surface area contributed by atoms with E-state index in [4.69, 9.17) is 4.74 Å². The Morgan fingerprint density at radius 1 is 1.13 bits per heavy atom. The first kappa shape index (κ1) is 21.2. The Labute approximate surface area is 186 Å². The lowest BCUT2D eigenvalue weighted by Gasteiger charge is -2.16. The number of benzene rings is 2. The summed E-state index contributed by atoms with van der Waals surface area (Å²) in [6.45, 7) is 8.30. The van der Waals surface area contributed by atoms with Crippen molar-refractivity contribution in [2.24, 2.45) is 0 Å². The molecular weight excluding hydrogens is 408 g/mol. The topological polar surface area (TPSA) is 68.5 Å². The third-order valence-corrected chi connectivity index (χ3v) is 6.68. The molecule has 160 valence electrons. The fourth-order valence-corrected chi connectivity index (χ4v) is 4.87. The molecule has 0 aliphatic rings. The summed E-state index contributed by atoms with van der Waals surface area (Å²) in [5, 5.41) is 13.4. The zero-order valence-electron chi connectivity index (χ0n) is 18.4. The number of aryl methyl sites for hydroxylation is 3. The second-order valence-electron chi connectivity index (χ2n) is 7.69. The predicted octanol–water partition coefficient (Wildman–Crippen LogP) is 5.33. The molecule has 0 saturated heterocycles. The van der Waals surface area contributed by atoms with Crippen LogP contribution in [0.25, 0.3) is 16.6 Å². The van der Waals surface area contributed by atoms with Crippen LogP contribution in [0.5, 0.6) is 5.75 Å². The van der Waals surface area contributed by atoms with Crippen LogP contribution < -0.4 is 10.1 Å². The van der Waals surface area contributed by atoms with Crippen LogP contribution in [0.4, 0.5) is 5.69 Å². The zero-order chi connectivity index (χ0) is 22.1. The van der Waals surface area contributed by atoms with E-state index in [2.05, 4.69) is 52.8 Å². The minimum absolute atomic E-state index is 0.0854. The Balaban J connectivity index is 1.71. The maximum Gasteiger partial charge on any atom is 0.238 e. The number of aromatic nitrogens is 3. The number of para-hydroxylation sites is 2. The number of hydrogen-bond donors (Lipinski definition) is 1. The highest BCUT2D eigenvalue weighted by Gasteiger charge is 2.23. The van der Waals surface area contributed by atoms with Crippen LogP contribution in [0.15, 0.2) is 47.6 Å². The molecule has 7 heteroatoms. The van der Waals surface area contributed by atoms with Gasteiger partial charge in [-0.05, 0) is 62.6 Å². The molecule has 1 amide bonds. The molecule has 0 spiro atoms. The van der Waals surface area contributed by atoms with Gasteiger partial charge in [0.05, 0.1) is 23.6 Å². The van der Waals surface area contributed by atoms with Crippen LogP contribution >= 0.6 is 11.8 Å². The smallest absolute Gasteiger partial charge is 0.238 e. The minimum atomic E-state index is -0.320. The van der Waals surface area contributed by atoms with E-state index in [9.17, 15) is 4.79 Å². The number of nitrogens with zero attached hydrogens (tertiary/aromatic N) is 3. The normalized spacial score (nSPS) is 12.3. The summed E-state index contributed by atoms with van der Waals surface area (Å²) in [7, 11) is 1.59. The summed E-state index contributed by atoms with van der Waals surface area (Å²) in [6.07, 6.45) is 0.655. The second-order valence-corrected chi connectivity index (χ2v) is 8.86. The molecule has 4 rings (SSSR count). The SMILES string of the molecule is CCC(Sc1nnc2cc(C)c3cc(C)cc(C)c3n12)C(=O)Nc1ccccc1OC. The van der Waals surface area contributed by atoms with E-state index in [1.807, 2.05) is 37.3 Å². The van der Waals surface area contributed by atoms with Gasteiger partial charge >= 0.3 is 0 Å². The number of carbonyl (C=O) groups is 1. The number of fused-ring (bicyclic) bond motifs is 3. The van der Waals surface area contributed by atoms with Crippen LogP contribution in [0.3, 0.4) is 0 Å². The largest absolute Gasteiger partial charge is 0.495 e. The molecule has 1 atom stereocenters. The van der Waals surface area contributed by atoms with E-state index in [-0.39, 0.29) is 11.2 Å². The Kier molecular flexibility index (Phi) is 5.87. The summed E-state index contributed by atoms with van der Waals surface area (Å²) in [6, 6.07) is 13.8. The molecule has 1 N–H and O–H groups in total. The summed E-state index contributed by atoms with van der Waals surface area (Å²) in [5.41, 5.74) is 6.09. The number of pyridine rings is 1. The number of anilines is 1. The zero-order valence-corrected chi connectivity index (χ0v) is 19.2. The van der Waals surface area contributed by atoms with Crippen molar-refractivity contribution in [3.05, 3.63) is 59.2 Å². The molecule has 0 aliphatic carbocycles. The van der Waals surface area contributed by atoms with Gasteiger partial charge in [0.1, 0.15) is 5.75 Å². The van der Waals surface area contributed by atoms with Crippen molar-refractivity contribution in [3.8, 4) is 5.75 Å². The van der Waals surface area contributed by atoms with Crippen LogP contribution in [-0.2, 0) is 4.79 Å². The monoisotopic (exact) mass is 434 g/mol. The molecule has 4 aromatic rings. The average molecular weight is 435 g/mol. The first-order valence-electron chi connectivity index (χ1n) is 10.3. The van der Waals surface area contributed by atoms with Gasteiger partial charge in [0, 0.05) is 5.39 Å². The fraction of sp³-hybridized carbons (Fsp3) is 0.292. The van der Waals surface area contributed by atoms with Gasteiger partial charge in [0.25, 0.3) is 0 Å². The van der Waals surface area contributed by atoms with Gasteiger partial charge in [-0.25, -0.2) is 0 Å². The van der Waals surface area contributed by atoms with E-state index in [1.165, 1.54) is 28.3 Å². The molecule has 2 aromatic heterocycles. The van der Waals surface area contributed by atoms with Gasteiger partial charge in [0.15, 0.2) is 10.8 Å². The number of amides is 1. The number of thioether (sulfide) groups is 1. The standard InChI is InChI=1S/C24H26N4O2S/c1-6-20(23(29)25-18-9-7-8-10-19(18)30-5)31-24-27-26-21-13-15(3)17-12-14(2)11-16(4)22(17)28(21)24/h7-13,20H,6H2,1-5H3,(H,25,29). The molecule has 31 heavy (non-hydrogen) atoms. The lowest BCUT2D eigenvalue weighted by molar-refractivity contribution is -0.115. The van der Waals surface area contributed by atoms with E-state index in [1.54, 1.807) is 7.11 Å². The summed E-state index contributed by atoms with van der Waals surface area (Å²) in [5.74, 6) is 0.550. The van der Waals surface area contributed by atoms with Gasteiger partial charge in [-0.1, -0.05) is 42.4 Å². The molecule has 0 fully saturated rings. The molecule has 2 aromatic carbocycles. The van der Waals surface area contributed by atoms with Crippen LogP contribution in [0, 0.1) is 20.8 Å². The quantitative estimate of drug-likeness (QED) is 0.416. The molecule has 1 unspecified atom stereocenters. The molecular formula is C24H26N4O2S. The van der Waals surface area contributed by atoms with Gasteiger partial charge < -0.3 is 10.1 Å². The first-order chi connectivity index (χ1) is 14.9. The third kappa shape index (κ3) is 3.97. The summed E-state index contributed by atoms with van der Waals surface area (Å²) in [4.78, 5) is 13.1. The van der Waals surface area contributed by atoms with Crippen molar-refractivity contribution in [1.82, 2.24) is 14.6 Å². The van der Waals surface area contributed by atoms with Crippen molar-refractivity contribution in [2.75, 3.05) is 12.4 Å². The van der Waals surface area contributed by atoms with E-state index in [0.717, 1.165) is 16.7 Å². The van der Waals surface area contributed by atoms with E-state index >= 15 is 0 Å². The van der Waals surface area contributed by atoms with Crippen molar-refractivity contribution < 1.29 is 9.53 Å². The van der Waals surface area contributed by atoms with Crippen molar-refractivity contribution in [1.29, 1.82) is 0 Å². The highest BCUT2D eigenvalue weighted by atomic mass is 32.2. The van der Waals surface area contributed by atoms with Crippen LogP contribution in [0.1, 0.15) is 30.0 Å². The number of rotatable bonds is 6. The number of hydrogen-bond acceptors (Lipinski definition) is 5. The summed E-state index contributed by atoms with van der Waals surface area (Å²) < 4.78 is 7.43. The Hall–Kier alpha value is -3.06. The van der Waals surface area contributed by atoms with Crippen molar-refractivity contribution in [2.45, 2.75) is 44.5 Å². The first-order valence-corrected chi connectivity index (χ1v) is 11.2. The maximum atomic E-state index is 13.1. The Bertz CT molecular complexity index is 1280. The van der Waals surface area contributed by atoms with Crippen LogP contribution in [-0.4, -0.2) is 32.9 Å². The molecule has 6 nitrogen and oxygen atoms in total. The van der Waals surface area contributed by atoms with Gasteiger partial charge in [-0.3, -0.25) is 9.20 Å². The van der Waals surface area contributed by atoms with Crippen molar-refractivity contribution in [3.63, 3.8) is 0 Å². The van der Waals surface area contributed by atoms with Gasteiger partial charge in [-0.2, -0.15) is 0 Å². The van der Waals surface area contributed by atoms with Gasteiger partial charge in [-0.15, -0.1) is 10.2 Å². The van der Waals surface area contributed by atoms with E-state index < -0.39 is 0 Å². The van der Waals surface area contributed by atoms with E-state index in [0.29, 0.717) is 23.0 Å². The van der Waals surface area contributed by atoms with Crippen LogP contribution in [0.2, 0.25) is 0 Å². The third-order valence-electron chi connectivity index (χ3n) is 5.37. The average Bonchev–Trinajstić information content (AvgIpc) is 3.14. The number of methoxy groups -OCH3 is 1. The Morgan fingerprint density at radius 3 is 2.65 bits per heavy atom. The molecule has 0 bridgehead atoms. The number of carbonyl (C=O) groups excluding carboxylic acids is 1. The maximum absolute atomic E-state index is 13.1. The number of nitrogens with one attached hydrogen (secondary N) is 1. The molecule has 0 saturated carbocycles. The molecule has 0 aliphatic heterocycles. The Morgan fingerprint density at radius 2 is 1.90 bits per heavy atom. The molecule has 2 heterocycles. The second kappa shape index (κ2) is 8.59. The fourth-order valence-electron chi connectivity index (χ4n) is 3.90. The molecule has 0 radical (unpaired) electrons. The highest BCUT2D eigenvalue weighted by molar-refractivity contribution is 8.00. The predicted molar refractivity (Wildman–Crippen MR) is 126 cm³/mol. The minimum Gasteiger partial charge on any atom is -0.495 e. The lowest BCUT2D eigenvalue weighted by Crippen LogP contribution is -2.25. The lowest BCUT2D eigenvalue weighted by atomic mass is 10.0. The summed E-state index contributed by atoms with van der Waals surface area (Å²) >= 11 is 1.44. The number of ether oxygens (including phenoxy) is 1. The highest BCUT2D eigenvalue weighted by Crippen LogP contribution is 2.32. The van der Waals surface area contributed by atoms with Crippen molar-refractivity contribution >= 4 is 39.9 Å².